The second-order valence-electron chi connectivity index (χ2n) is 12.1. The lowest BCUT2D eigenvalue weighted by atomic mass is 9.85. The molecule has 1 fully saturated rings. The van der Waals surface area contributed by atoms with Crippen LogP contribution in [0.15, 0.2) is 126 Å². The molecule has 252 valence electrons. The van der Waals surface area contributed by atoms with Gasteiger partial charge < -0.3 is 9.64 Å². The Labute approximate surface area is 284 Å². The summed E-state index contributed by atoms with van der Waals surface area (Å²) >= 11 is 0. The molecule has 11 heteroatoms. The molecule has 2 heterocycles. The van der Waals surface area contributed by atoms with Gasteiger partial charge in [0.25, 0.3) is 21.5 Å². The number of hydrogen-bond acceptors (Lipinski definition) is 6. The third kappa shape index (κ3) is 7.96. The molecule has 3 atom stereocenters. The molecule has 5 aromatic rings. The van der Waals surface area contributed by atoms with Gasteiger partial charge in [0.1, 0.15) is 17.7 Å². The highest BCUT2D eigenvalue weighted by Gasteiger charge is 2.44. The quantitative estimate of drug-likeness (QED) is 0.158. The van der Waals surface area contributed by atoms with E-state index in [2.05, 4.69) is 5.10 Å². The van der Waals surface area contributed by atoms with E-state index in [9.17, 15) is 22.6 Å². The Bertz CT molecular complexity index is 2060. The van der Waals surface area contributed by atoms with Crippen molar-refractivity contribution in [1.82, 2.24) is 14.7 Å². The molecule has 1 aromatic heterocycles. The van der Waals surface area contributed by atoms with Gasteiger partial charge in [-0.15, -0.1) is 0 Å². The Morgan fingerprint density at radius 1 is 0.898 bits per heavy atom. The predicted octanol–water partition coefficient (Wildman–Crippen LogP) is 6.09. The first-order valence-electron chi connectivity index (χ1n) is 16.1. The summed E-state index contributed by atoms with van der Waals surface area (Å²) in [6.45, 7) is 0.453. The van der Waals surface area contributed by atoms with Crippen molar-refractivity contribution in [2.24, 2.45) is 0 Å². The fourth-order valence-corrected chi connectivity index (χ4v) is 7.62. The largest absolute Gasteiger partial charge is 0.483 e. The zero-order chi connectivity index (χ0) is 34.4. The highest BCUT2D eigenvalue weighted by molar-refractivity contribution is 7.86. The summed E-state index contributed by atoms with van der Waals surface area (Å²) in [4.78, 5) is 29.4. The summed E-state index contributed by atoms with van der Waals surface area (Å²) in [5.41, 5.74) is 1.47. The minimum atomic E-state index is -4.77. The van der Waals surface area contributed by atoms with Crippen molar-refractivity contribution in [3.05, 3.63) is 165 Å². The number of hydrogen-bond donors (Lipinski definition) is 1. The molecule has 6 rings (SSSR count). The average Bonchev–Trinajstić information content (AvgIpc) is 3.59. The molecule has 1 amide bonds. The van der Waals surface area contributed by atoms with Gasteiger partial charge in [0, 0.05) is 12.5 Å². The second kappa shape index (κ2) is 15.0. The first kappa shape index (κ1) is 33.8. The van der Waals surface area contributed by atoms with Crippen LogP contribution in [0.5, 0.6) is 5.75 Å². The number of rotatable bonds is 12. The van der Waals surface area contributed by atoms with Crippen LogP contribution < -0.4 is 10.2 Å². The molecule has 1 N–H and O–H groups in total. The molecule has 2 unspecified atom stereocenters. The molecule has 0 radical (unpaired) electrons. The Hall–Kier alpha value is -5.13. The highest BCUT2D eigenvalue weighted by atomic mass is 32.2. The SMILES string of the molecule is O=C(c1nn(Cc2ccccc2)cc(OCc2ccccc2)c1=O)N1CCC[C@@H]1C(CC(c1ccccc1)c1ccccc1F)S(=O)(=O)O. The lowest BCUT2D eigenvalue weighted by Crippen LogP contribution is -2.48. The summed E-state index contributed by atoms with van der Waals surface area (Å²) in [5.74, 6) is -2.11. The van der Waals surface area contributed by atoms with E-state index in [-0.39, 0.29) is 43.9 Å². The van der Waals surface area contributed by atoms with E-state index in [4.69, 9.17) is 4.74 Å². The summed E-state index contributed by atoms with van der Waals surface area (Å²) in [6.07, 6.45) is 1.93. The third-order valence-electron chi connectivity index (χ3n) is 8.88. The number of likely N-dealkylation sites (tertiary alicyclic amines) is 1. The molecule has 1 aliphatic heterocycles. The highest BCUT2D eigenvalue weighted by Crippen LogP contribution is 2.36. The topological polar surface area (TPSA) is 119 Å². The van der Waals surface area contributed by atoms with Crippen LogP contribution in [0.25, 0.3) is 0 Å². The molecule has 1 aliphatic rings. The average molecular weight is 682 g/mol. The van der Waals surface area contributed by atoms with E-state index in [1.807, 2.05) is 60.7 Å². The molecular formula is C38H36FN3O6S. The fourth-order valence-electron chi connectivity index (χ4n) is 6.51. The third-order valence-corrected chi connectivity index (χ3v) is 10.2. The van der Waals surface area contributed by atoms with Crippen molar-refractivity contribution in [2.75, 3.05) is 6.54 Å². The maximum Gasteiger partial charge on any atom is 0.278 e. The first-order valence-corrected chi connectivity index (χ1v) is 17.6. The van der Waals surface area contributed by atoms with E-state index in [0.29, 0.717) is 12.0 Å². The molecule has 9 nitrogen and oxygen atoms in total. The number of benzene rings is 4. The summed E-state index contributed by atoms with van der Waals surface area (Å²) in [5, 5.41) is 2.94. The molecular weight excluding hydrogens is 645 g/mol. The minimum Gasteiger partial charge on any atom is -0.483 e. The van der Waals surface area contributed by atoms with Crippen LogP contribution in [0.2, 0.25) is 0 Å². The van der Waals surface area contributed by atoms with Crippen LogP contribution in [0.1, 0.15) is 57.9 Å². The lowest BCUT2D eigenvalue weighted by Gasteiger charge is -2.32. The minimum absolute atomic E-state index is 0.0765. The van der Waals surface area contributed by atoms with E-state index in [0.717, 1.165) is 11.1 Å². The standard InChI is InChI=1S/C38H36FN3O6S/c39-32-20-11-10-19-30(32)31(29-17-8-3-9-18-29)23-35(49(45,46)47)33-21-12-22-42(33)38(44)36-37(43)34(48-26-28-15-6-2-7-16-28)25-41(40-36)24-27-13-4-1-5-14-27/h1-11,13-20,25,31,33,35H,12,21-24,26H2,(H,45,46,47)/t31?,33-,35?/m1/s1. The van der Waals surface area contributed by atoms with E-state index >= 15 is 4.39 Å². The zero-order valence-corrected chi connectivity index (χ0v) is 27.5. The molecule has 0 saturated carbocycles. The Kier molecular flexibility index (Phi) is 10.3. The molecule has 0 spiro atoms. The van der Waals surface area contributed by atoms with Gasteiger partial charge in [0.15, 0.2) is 11.4 Å². The van der Waals surface area contributed by atoms with E-state index < -0.39 is 50.2 Å². The first-order chi connectivity index (χ1) is 23.7. The second-order valence-corrected chi connectivity index (χ2v) is 13.7. The van der Waals surface area contributed by atoms with Crippen LogP contribution in [-0.4, -0.2) is 51.4 Å². The van der Waals surface area contributed by atoms with Crippen molar-refractivity contribution in [3.8, 4) is 5.75 Å². The van der Waals surface area contributed by atoms with Gasteiger partial charge in [-0.25, -0.2) is 4.39 Å². The van der Waals surface area contributed by atoms with Crippen LogP contribution >= 0.6 is 0 Å². The maximum absolute atomic E-state index is 15.2. The number of carbonyl (C=O) groups is 1. The maximum atomic E-state index is 15.2. The van der Waals surface area contributed by atoms with Gasteiger partial charge in [-0.05, 0) is 47.6 Å². The molecule has 0 bridgehead atoms. The number of amides is 1. The van der Waals surface area contributed by atoms with Crippen molar-refractivity contribution >= 4 is 16.0 Å². The van der Waals surface area contributed by atoms with Gasteiger partial charge in [0.05, 0.1) is 18.8 Å². The number of aromatic nitrogens is 2. The lowest BCUT2D eigenvalue weighted by molar-refractivity contribution is 0.0718. The number of halogens is 1. The van der Waals surface area contributed by atoms with Crippen LogP contribution in [-0.2, 0) is 23.3 Å². The fraction of sp³-hybridized carbons (Fsp3) is 0.237. The molecule has 4 aromatic carbocycles. The molecule has 49 heavy (non-hydrogen) atoms. The van der Waals surface area contributed by atoms with Crippen LogP contribution in [0.4, 0.5) is 4.39 Å². The number of ether oxygens (including phenoxy) is 1. The monoisotopic (exact) mass is 681 g/mol. The van der Waals surface area contributed by atoms with Crippen LogP contribution in [0, 0.1) is 5.82 Å². The van der Waals surface area contributed by atoms with Gasteiger partial charge in [-0.1, -0.05) is 109 Å². The van der Waals surface area contributed by atoms with E-state index in [1.165, 1.54) is 21.8 Å². The smallest absolute Gasteiger partial charge is 0.278 e. The van der Waals surface area contributed by atoms with Gasteiger partial charge in [0.2, 0.25) is 0 Å². The number of nitrogens with zero attached hydrogens (tertiary/aromatic N) is 3. The summed E-state index contributed by atoms with van der Waals surface area (Å²) in [7, 11) is -4.77. The molecule has 1 saturated heterocycles. The number of carbonyl (C=O) groups excluding carboxylic acids is 1. The van der Waals surface area contributed by atoms with E-state index in [1.54, 1.807) is 48.5 Å². The normalized spacial score (nSPS) is 15.9. The van der Waals surface area contributed by atoms with Crippen molar-refractivity contribution < 1.29 is 26.9 Å². The Morgan fingerprint density at radius 3 is 2.16 bits per heavy atom. The van der Waals surface area contributed by atoms with Crippen molar-refractivity contribution in [3.63, 3.8) is 0 Å². The Morgan fingerprint density at radius 2 is 1.51 bits per heavy atom. The van der Waals surface area contributed by atoms with Crippen molar-refractivity contribution in [1.29, 1.82) is 0 Å². The van der Waals surface area contributed by atoms with Crippen LogP contribution in [0.3, 0.4) is 0 Å². The Balaban J connectivity index is 1.36. The zero-order valence-electron chi connectivity index (χ0n) is 26.6. The molecule has 0 aliphatic carbocycles. The summed E-state index contributed by atoms with van der Waals surface area (Å²) in [6, 6.07) is 32.6. The predicted molar refractivity (Wildman–Crippen MR) is 184 cm³/mol. The van der Waals surface area contributed by atoms with Crippen molar-refractivity contribution in [2.45, 2.75) is 49.6 Å². The van der Waals surface area contributed by atoms with Gasteiger partial charge in [-0.2, -0.15) is 13.5 Å². The van der Waals surface area contributed by atoms with Gasteiger partial charge in [-0.3, -0.25) is 18.8 Å². The van der Waals surface area contributed by atoms with Gasteiger partial charge >= 0.3 is 0 Å². The summed E-state index contributed by atoms with van der Waals surface area (Å²) < 4.78 is 59.5.